The van der Waals surface area contributed by atoms with E-state index in [0.29, 0.717) is 33.8 Å². The van der Waals surface area contributed by atoms with Crippen molar-refractivity contribution < 1.29 is 23.5 Å². The first-order valence-electron chi connectivity index (χ1n) is 12.2. The van der Waals surface area contributed by atoms with Crippen LogP contribution in [0.3, 0.4) is 0 Å². The number of benzene rings is 3. The van der Waals surface area contributed by atoms with E-state index in [0.717, 1.165) is 0 Å². The standard InChI is InChI=1S/C28H30FN5O4/c1-5-28(2,27(36)30-23-15-14-20(37-3)16-25(23)38-4)33(17-19-10-6-7-11-21(19)29)26(35)18-34-24-13-9-8-12-22(24)31-32-34/h6-16H,5,17-18H2,1-4H3,(H,30,36). The third-order valence-corrected chi connectivity index (χ3v) is 6.72. The lowest BCUT2D eigenvalue weighted by Gasteiger charge is -2.40. The Balaban J connectivity index is 1.70. The van der Waals surface area contributed by atoms with E-state index in [4.69, 9.17) is 9.47 Å². The summed E-state index contributed by atoms with van der Waals surface area (Å²) in [4.78, 5) is 29.0. The highest BCUT2D eigenvalue weighted by atomic mass is 19.1. The number of amides is 2. The summed E-state index contributed by atoms with van der Waals surface area (Å²) in [5.74, 6) is -0.361. The van der Waals surface area contributed by atoms with Crippen molar-refractivity contribution >= 4 is 28.5 Å². The fourth-order valence-electron chi connectivity index (χ4n) is 4.22. The fraction of sp³-hybridized carbons (Fsp3) is 0.286. The van der Waals surface area contributed by atoms with Crippen LogP contribution < -0.4 is 14.8 Å². The summed E-state index contributed by atoms with van der Waals surface area (Å²) in [5.41, 5.74) is 0.680. The van der Waals surface area contributed by atoms with Gasteiger partial charge in [-0.25, -0.2) is 9.07 Å². The maximum atomic E-state index is 14.7. The molecule has 4 aromatic rings. The monoisotopic (exact) mass is 519 g/mol. The number of anilines is 1. The molecule has 1 heterocycles. The minimum Gasteiger partial charge on any atom is -0.497 e. The molecule has 4 rings (SSSR count). The van der Waals surface area contributed by atoms with E-state index in [9.17, 15) is 14.0 Å². The third-order valence-electron chi connectivity index (χ3n) is 6.72. The molecule has 0 aliphatic carbocycles. The Labute approximate surface area is 220 Å². The van der Waals surface area contributed by atoms with Crippen LogP contribution in [0.1, 0.15) is 25.8 Å². The number of nitrogens with one attached hydrogen (secondary N) is 1. The molecular weight excluding hydrogens is 489 g/mol. The number of ether oxygens (including phenoxy) is 2. The molecule has 0 aliphatic rings. The second-order valence-electron chi connectivity index (χ2n) is 8.95. The maximum absolute atomic E-state index is 14.7. The molecule has 1 atom stereocenters. The molecule has 9 nitrogen and oxygen atoms in total. The first-order chi connectivity index (χ1) is 18.3. The van der Waals surface area contributed by atoms with Crippen LogP contribution in [-0.2, 0) is 22.7 Å². The summed E-state index contributed by atoms with van der Waals surface area (Å²) in [6, 6.07) is 18.5. The van der Waals surface area contributed by atoms with Crippen molar-refractivity contribution in [2.75, 3.05) is 19.5 Å². The highest BCUT2D eigenvalue weighted by Crippen LogP contribution is 2.32. The molecule has 1 unspecified atom stereocenters. The van der Waals surface area contributed by atoms with Crippen molar-refractivity contribution in [1.29, 1.82) is 0 Å². The van der Waals surface area contributed by atoms with E-state index >= 15 is 0 Å². The van der Waals surface area contributed by atoms with Crippen molar-refractivity contribution in [2.45, 2.75) is 38.9 Å². The normalized spacial score (nSPS) is 12.6. The largest absolute Gasteiger partial charge is 0.497 e. The second kappa shape index (κ2) is 11.3. The lowest BCUT2D eigenvalue weighted by Crippen LogP contribution is -2.57. The average molecular weight is 520 g/mol. The van der Waals surface area contributed by atoms with E-state index < -0.39 is 23.2 Å². The Morgan fingerprint density at radius 3 is 2.50 bits per heavy atom. The van der Waals surface area contributed by atoms with E-state index in [1.54, 1.807) is 56.3 Å². The maximum Gasteiger partial charge on any atom is 0.250 e. The minimum absolute atomic E-state index is 0.115. The molecule has 0 saturated carbocycles. The molecule has 2 amide bonds. The van der Waals surface area contributed by atoms with E-state index in [2.05, 4.69) is 15.6 Å². The van der Waals surface area contributed by atoms with Gasteiger partial charge in [0.05, 0.1) is 25.4 Å². The summed E-state index contributed by atoms with van der Waals surface area (Å²) >= 11 is 0. The smallest absolute Gasteiger partial charge is 0.250 e. The van der Waals surface area contributed by atoms with Crippen LogP contribution in [0.4, 0.5) is 10.1 Å². The van der Waals surface area contributed by atoms with E-state index in [1.807, 2.05) is 18.2 Å². The van der Waals surface area contributed by atoms with Crippen LogP contribution in [0.5, 0.6) is 11.5 Å². The second-order valence-corrected chi connectivity index (χ2v) is 8.95. The summed E-state index contributed by atoms with van der Waals surface area (Å²) in [5, 5.41) is 11.1. The number of fused-ring (bicyclic) bond motifs is 1. The van der Waals surface area contributed by atoms with Crippen molar-refractivity contribution in [3.63, 3.8) is 0 Å². The quantitative estimate of drug-likeness (QED) is 0.333. The molecule has 0 aliphatic heterocycles. The summed E-state index contributed by atoms with van der Waals surface area (Å²) in [6.45, 7) is 3.17. The lowest BCUT2D eigenvalue weighted by molar-refractivity contribution is -0.146. The number of aromatic nitrogens is 3. The molecule has 0 spiro atoms. The number of hydrogen-bond acceptors (Lipinski definition) is 6. The zero-order valence-electron chi connectivity index (χ0n) is 21.8. The Morgan fingerprint density at radius 2 is 1.79 bits per heavy atom. The van der Waals surface area contributed by atoms with Gasteiger partial charge in [0.1, 0.15) is 34.9 Å². The molecular formula is C28H30FN5O4. The van der Waals surface area contributed by atoms with Gasteiger partial charge < -0.3 is 19.7 Å². The van der Waals surface area contributed by atoms with Gasteiger partial charge in [-0.3, -0.25) is 9.59 Å². The van der Waals surface area contributed by atoms with Crippen LogP contribution in [0, 0.1) is 5.82 Å². The highest BCUT2D eigenvalue weighted by molar-refractivity contribution is 6.01. The Morgan fingerprint density at radius 1 is 1.05 bits per heavy atom. The van der Waals surface area contributed by atoms with Gasteiger partial charge in [-0.05, 0) is 43.7 Å². The predicted octanol–water partition coefficient (Wildman–Crippen LogP) is 4.42. The van der Waals surface area contributed by atoms with Gasteiger partial charge in [0, 0.05) is 18.2 Å². The first kappa shape index (κ1) is 26.6. The van der Waals surface area contributed by atoms with E-state index in [-0.39, 0.29) is 19.5 Å². The Bertz CT molecular complexity index is 1460. The molecule has 198 valence electrons. The fourth-order valence-corrected chi connectivity index (χ4v) is 4.22. The first-order valence-corrected chi connectivity index (χ1v) is 12.2. The van der Waals surface area contributed by atoms with Crippen molar-refractivity contribution in [3.05, 3.63) is 78.1 Å². The Kier molecular flexibility index (Phi) is 7.90. The van der Waals surface area contributed by atoms with Crippen molar-refractivity contribution in [1.82, 2.24) is 19.9 Å². The van der Waals surface area contributed by atoms with Crippen LogP contribution in [0.25, 0.3) is 11.0 Å². The third kappa shape index (κ3) is 5.29. The van der Waals surface area contributed by atoms with Gasteiger partial charge in [0.2, 0.25) is 11.8 Å². The van der Waals surface area contributed by atoms with Gasteiger partial charge in [-0.1, -0.05) is 42.5 Å². The molecule has 38 heavy (non-hydrogen) atoms. The number of nitrogens with zero attached hydrogens (tertiary/aromatic N) is 4. The Hall–Kier alpha value is -4.47. The molecule has 0 bridgehead atoms. The van der Waals surface area contributed by atoms with Gasteiger partial charge in [-0.15, -0.1) is 5.10 Å². The van der Waals surface area contributed by atoms with Crippen molar-refractivity contribution in [3.8, 4) is 11.5 Å². The summed E-state index contributed by atoms with van der Waals surface area (Å²) in [6.07, 6.45) is 0.260. The van der Waals surface area contributed by atoms with Gasteiger partial charge in [0.25, 0.3) is 0 Å². The molecule has 1 N–H and O–H groups in total. The highest BCUT2D eigenvalue weighted by Gasteiger charge is 2.41. The summed E-state index contributed by atoms with van der Waals surface area (Å²) < 4.78 is 26.9. The number of para-hydroxylation sites is 1. The van der Waals surface area contributed by atoms with E-state index in [1.165, 1.54) is 29.9 Å². The van der Waals surface area contributed by atoms with Gasteiger partial charge >= 0.3 is 0 Å². The zero-order chi connectivity index (χ0) is 27.3. The number of carbonyl (C=O) groups excluding carboxylic acids is 2. The van der Waals surface area contributed by atoms with Crippen LogP contribution in [-0.4, -0.2) is 51.5 Å². The minimum atomic E-state index is -1.35. The molecule has 0 fully saturated rings. The number of hydrogen-bond donors (Lipinski definition) is 1. The predicted molar refractivity (Wildman–Crippen MR) is 141 cm³/mol. The van der Waals surface area contributed by atoms with Gasteiger partial charge in [0.15, 0.2) is 0 Å². The molecule has 0 saturated heterocycles. The number of rotatable bonds is 10. The zero-order valence-corrected chi connectivity index (χ0v) is 21.8. The lowest BCUT2D eigenvalue weighted by atomic mass is 9.93. The molecule has 10 heteroatoms. The average Bonchev–Trinajstić information content (AvgIpc) is 3.34. The van der Waals surface area contributed by atoms with Crippen LogP contribution in [0.2, 0.25) is 0 Å². The van der Waals surface area contributed by atoms with Gasteiger partial charge in [-0.2, -0.15) is 0 Å². The molecule has 0 radical (unpaired) electrons. The molecule has 1 aromatic heterocycles. The topological polar surface area (TPSA) is 98.6 Å². The van der Waals surface area contributed by atoms with Crippen LogP contribution in [0.15, 0.2) is 66.7 Å². The van der Waals surface area contributed by atoms with Crippen molar-refractivity contribution in [2.24, 2.45) is 0 Å². The number of halogens is 1. The molecule has 3 aromatic carbocycles. The SMILES string of the molecule is CCC(C)(C(=O)Nc1ccc(OC)cc1OC)N(Cc1ccccc1F)C(=O)Cn1nnc2ccccc21. The summed E-state index contributed by atoms with van der Waals surface area (Å²) in [7, 11) is 3.02. The number of carbonyl (C=O) groups is 2. The number of methoxy groups -OCH3 is 2. The van der Waals surface area contributed by atoms with Crippen LogP contribution >= 0.6 is 0 Å².